The number of fused-ring (bicyclic) bond motifs is 1. The maximum absolute atomic E-state index is 13.4. The fourth-order valence-electron chi connectivity index (χ4n) is 2.92. The molecular formula is C18H15F3N2O. The van der Waals surface area contributed by atoms with Crippen molar-refractivity contribution in [1.29, 1.82) is 5.26 Å². The van der Waals surface area contributed by atoms with Gasteiger partial charge in [0.25, 0.3) is 0 Å². The van der Waals surface area contributed by atoms with Gasteiger partial charge >= 0.3 is 6.18 Å². The van der Waals surface area contributed by atoms with Crippen LogP contribution in [0, 0.1) is 11.3 Å². The van der Waals surface area contributed by atoms with Crippen molar-refractivity contribution in [2.45, 2.75) is 25.1 Å². The number of ether oxygens (including phenoxy) is 1. The van der Waals surface area contributed by atoms with Crippen molar-refractivity contribution in [1.82, 2.24) is 0 Å². The average molecular weight is 332 g/mol. The van der Waals surface area contributed by atoms with Crippen molar-refractivity contribution in [3.8, 4) is 22.9 Å². The predicted molar refractivity (Wildman–Crippen MR) is 83.4 cm³/mol. The lowest BCUT2D eigenvalue weighted by atomic mass is 9.92. The highest BCUT2D eigenvalue weighted by molar-refractivity contribution is 5.76. The number of nitriles is 1. The van der Waals surface area contributed by atoms with Gasteiger partial charge in [-0.3, -0.25) is 0 Å². The highest BCUT2D eigenvalue weighted by Gasteiger charge is 2.35. The minimum Gasteiger partial charge on any atom is -0.488 e. The average Bonchev–Trinajstić information content (AvgIpc) is 2.59. The van der Waals surface area contributed by atoms with Gasteiger partial charge in [-0.25, -0.2) is 0 Å². The van der Waals surface area contributed by atoms with Crippen LogP contribution in [0.25, 0.3) is 11.1 Å². The quantitative estimate of drug-likeness (QED) is 0.907. The Balaban J connectivity index is 2.22. The molecule has 2 N–H and O–H groups in total. The molecule has 0 amide bonds. The van der Waals surface area contributed by atoms with Gasteiger partial charge in [0.15, 0.2) is 0 Å². The molecule has 0 unspecified atom stereocenters. The number of para-hydroxylation sites is 1. The van der Waals surface area contributed by atoms with Crippen molar-refractivity contribution >= 4 is 0 Å². The monoisotopic (exact) mass is 332 g/mol. The summed E-state index contributed by atoms with van der Waals surface area (Å²) in [4.78, 5) is 0. The smallest absolute Gasteiger partial charge is 0.417 e. The van der Waals surface area contributed by atoms with Crippen LogP contribution in [0.4, 0.5) is 13.2 Å². The van der Waals surface area contributed by atoms with Crippen LogP contribution in [0.1, 0.15) is 23.1 Å². The molecule has 1 aliphatic rings. The standard InChI is InChI=1S/C18H15F3N2O/c19-18(20,21)16-7-4-11(9-22)8-15(16)14-3-1-2-12-5-6-13(10-23)24-17(12)14/h1-4,7-8,13H,5-6,10,23H2/t13-/m1/s1. The molecule has 0 saturated carbocycles. The zero-order chi connectivity index (χ0) is 17.3. The van der Waals surface area contributed by atoms with E-state index in [0.29, 0.717) is 24.3 Å². The highest BCUT2D eigenvalue weighted by atomic mass is 19.4. The van der Waals surface area contributed by atoms with Crippen LogP contribution in [0.2, 0.25) is 0 Å². The van der Waals surface area contributed by atoms with E-state index in [2.05, 4.69) is 0 Å². The molecule has 0 aromatic heterocycles. The van der Waals surface area contributed by atoms with Crippen LogP contribution in [0.15, 0.2) is 36.4 Å². The van der Waals surface area contributed by atoms with Crippen molar-refractivity contribution in [3.05, 3.63) is 53.1 Å². The van der Waals surface area contributed by atoms with Crippen molar-refractivity contribution in [2.75, 3.05) is 6.54 Å². The Labute approximate surface area is 137 Å². The first-order valence-electron chi connectivity index (χ1n) is 7.54. The lowest BCUT2D eigenvalue weighted by Crippen LogP contribution is -2.30. The number of hydrogen-bond donors (Lipinski definition) is 1. The highest BCUT2D eigenvalue weighted by Crippen LogP contribution is 2.43. The molecule has 24 heavy (non-hydrogen) atoms. The second-order valence-electron chi connectivity index (χ2n) is 5.68. The summed E-state index contributed by atoms with van der Waals surface area (Å²) in [5.41, 5.74) is 6.18. The lowest BCUT2D eigenvalue weighted by Gasteiger charge is -2.28. The summed E-state index contributed by atoms with van der Waals surface area (Å²) >= 11 is 0. The van der Waals surface area contributed by atoms with Crippen LogP contribution >= 0.6 is 0 Å². The van der Waals surface area contributed by atoms with Gasteiger partial charge < -0.3 is 10.5 Å². The Bertz CT molecular complexity index is 809. The van der Waals surface area contributed by atoms with E-state index < -0.39 is 11.7 Å². The summed E-state index contributed by atoms with van der Waals surface area (Å²) in [7, 11) is 0. The van der Waals surface area contributed by atoms with Crippen molar-refractivity contribution in [2.24, 2.45) is 5.73 Å². The molecule has 0 saturated heterocycles. The number of benzene rings is 2. The minimum atomic E-state index is -4.52. The molecule has 3 nitrogen and oxygen atoms in total. The summed E-state index contributed by atoms with van der Waals surface area (Å²) in [6.45, 7) is 0.304. The summed E-state index contributed by atoms with van der Waals surface area (Å²) in [6.07, 6.45) is -3.30. The van der Waals surface area contributed by atoms with E-state index in [-0.39, 0.29) is 17.2 Å². The van der Waals surface area contributed by atoms with Gasteiger partial charge in [-0.1, -0.05) is 18.2 Å². The van der Waals surface area contributed by atoms with Crippen LogP contribution in [0.3, 0.4) is 0 Å². The Morgan fingerprint density at radius 3 is 2.67 bits per heavy atom. The van der Waals surface area contributed by atoms with Gasteiger partial charge in [-0.15, -0.1) is 0 Å². The molecule has 2 aromatic rings. The summed E-state index contributed by atoms with van der Waals surface area (Å²) in [5.74, 6) is 0.430. The summed E-state index contributed by atoms with van der Waals surface area (Å²) in [6, 6.07) is 10.4. The summed E-state index contributed by atoms with van der Waals surface area (Å²) in [5, 5.41) is 9.04. The fraction of sp³-hybridized carbons (Fsp3) is 0.278. The Morgan fingerprint density at radius 2 is 2.00 bits per heavy atom. The molecular weight excluding hydrogens is 317 g/mol. The maximum Gasteiger partial charge on any atom is 0.417 e. The van der Waals surface area contributed by atoms with Crippen LogP contribution in [-0.4, -0.2) is 12.6 Å². The van der Waals surface area contributed by atoms with E-state index in [1.54, 1.807) is 12.1 Å². The van der Waals surface area contributed by atoms with Gasteiger partial charge in [0.2, 0.25) is 0 Å². The van der Waals surface area contributed by atoms with Crippen LogP contribution in [-0.2, 0) is 12.6 Å². The van der Waals surface area contributed by atoms with Crippen LogP contribution < -0.4 is 10.5 Å². The lowest BCUT2D eigenvalue weighted by molar-refractivity contribution is -0.137. The second-order valence-corrected chi connectivity index (χ2v) is 5.68. The van der Waals surface area contributed by atoms with Gasteiger partial charge in [0.1, 0.15) is 11.9 Å². The maximum atomic E-state index is 13.4. The minimum absolute atomic E-state index is 0.0453. The second kappa shape index (κ2) is 6.17. The number of alkyl halides is 3. The normalized spacial score (nSPS) is 16.9. The molecule has 1 aliphatic heterocycles. The van der Waals surface area contributed by atoms with E-state index in [1.165, 1.54) is 12.1 Å². The summed E-state index contributed by atoms with van der Waals surface area (Å²) < 4.78 is 46.0. The van der Waals surface area contributed by atoms with Gasteiger partial charge in [-0.2, -0.15) is 18.4 Å². The molecule has 0 fully saturated rings. The Hall–Kier alpha value is -2.52. The van der Waals surface area contributed by atoms with E-state index in [9.17, 15) is 13.2 Å². The third-order valence-electron chi connectivity index (χ3n) is 4.12. The number of nitrogens with two attached hydrogens (primary N) is 1. The van der Waals surface area contributed by atoms with E-state index in [4.69, 9.17) is 15.7 Å². The van der Waals surface area contributed by atoms with Gasteiger partial charge in [-0.05, 0) is 42.2 Å². The van der Waals surface area contributed by atoms with Crippen molar-refractivity contribution in [3.63, 3.8) is 0 Å². The third kappa shape index (κ3) is 2.95. The number of nitrogens with zero attached hydrogens (tertiary/aromatic N) is 1. The Kier molecular flexibility index (Phi) is 4.20. The van der Waals surface area contributed by atoms with Crippen molar-refractivity contribution < 1.29 is 17.9 Å². The molecule has 3 rings (SSSR count). The number of halogens is 3. The van der Waals surface area contributed by atoms with Gasteiger partial charge in [0, 0.05) is 12.1 Å². The molecule has 0 radical (unpaired) electrons. The first kappa shape index (κ1) is 16.3. The first-order valence-corrected chi connectivity index (χ1v) is 7.54. The zero-order valence-electron chi connectivity index (χ0n) is 12.7. The predicted octanol–water partition coefficient (Wildman–Crippen LogP) is 3.90. The molecule has 1 atom stereocenters. The first-order chi connectivity index (χ1) is 11.4. The van der Waals surface area contributed by atoms with E-state index >= 15 is 0 Å². The molecule has 6 heteroatoms. The number of rotatable bonds is 2. The third-order valence-corrected chi connectivity index (χ3v) is 4.12. The SMILES string of the molecule is N#Cc1ccc(C(F)(F)F)c(-c2cccc3c2O[C@@H](CN)CC3)c1. The van der Waals surface area contributed by atoms with E-state index in [1.807, 2.05) is 12.1 Å². The molecule has 2 aromatic carbocycles. The number of hydrogen-bond acceptors (Lipinski definition) is 3. The zero-order valence-corrected chi connectivity index (χ0v) is 12.7. The molecule has 124 valence electrons. The molecule has 0 bridgehead atoms. The van der Waals surface area contributed by atoms with Gasteiger partial charge in [0.05, 0.1) is 17.2 Å². The van der Waals surface area contributed by atoms with Crippen LogP contribution in [0.5, 0.6) is 5.75 Å². The van der Waals surface area contributed by atoms with E-state index in [0.717, 1.165) is 18.1 Å². The number of aryl methyl sites for hydroxylation is 1. The largest absolute Gasteiger partial charge is 0.488 e. The Morgan fingerprint density at radius 1 is 1.21 bits per heavy atom. The topological polar surface area (TPSA) is 59.0 Å². The fourth-order valence-corrected chi connectivity index (χ4v) is 2.92. The molecule has 0 aliphatic carbocycles. The molecule has 0 spiro atoms. The molecule has 1 heterocycles.